The Bertz CT molecular complexity index is 1480. The molecule has 0 spiro atoms. The van der Waals surface area contributed by atoms with Crippen LogP contribution in [-0.4, -0.2) is 47.2 Å². The minimum Gasteiger partial charge on any atom is -0.493 e. The van der Waals surface area contributed by atoms with E-state index in [2.05, 4.69) is 5.32 Å². The molecule has 1 saturated heterocycles. The number of carbonyl (C=O) groups excluding carboxylic acids is 2. The van der Waals surface area contributed by atoms with Crippen LogP contribution < -0.4 is 15.6 Å². The van der Waals surface area contributed by atoms with Crippen LogP contribution in [0.1, 0.15) is 33.7 Å². The van der Waals surface area contributed by atoms with E-state index in [1.54, 1.807) is 35.9 Å². The minimum atomic E-state index is -0.374. The van der Waals surface area contributed by atoms with Crippen LogP contribution in [0.3, 0.4) is 0 Å². The summed E-state index contributed by atoms with van der Waals surface area (Å²) in [6, 6.07) is 16.3. The highest BCUT2D eigenvalue weighted by Gasteiger charge is 2.29. The second kappa shape index (κ2) is 9.38. The SMILES string of the molecule is COc1c(C(=O)NC2CCOCC2)n(C)c2c1c(=O)n(CC(=O)c1ccccc1)c1ccccc21. The average Bonchev–Trinajstić information content (AvgIpc) is 3.20. The molecule has 4 aromatic rings. The van der Waals surface area contributed by atoms with Crippen molar-refractivity contribution >= 4 is 33.5 Å². The van der Waals surface area contributed by atoms with E-state index in [1.165, 1.54) is 11.7 Å². The molecule has 0 saturated carbocycles. The molecule has 1 N–H and O–H groups in total. The highest BCUT2D eigenvalue weighted by molar-refractivity contribution is 6.12. The molecule has 5 rings (SSSR count). The van der Waals surface area contributed by atoms with Crippen molar-refractivity contribution in [2.24, 2.45) is 7.05 Å². The quantitative estimate of drug-likeness (QED) is 0.434. The predicted octanol–water partition coefficient (Wildman–Crippen LogP) is 3.29. The zero-order valence-electron chi connectivity index (χ0n) is 19.7. The van der Waals surface area contributed by atoms with Crippen LogP contribution >= 0.6 is 0 Å². The first-order valence-electron chi connectivity index (χ1n) is 11.7. The van der Waals surface area contributed by atoms with E-state index in [0.717, 1.165) is 18.2 Å². The van der Waals surface area contributed by atoms with Crippen molar-refractivity contribution in [3.63, 3.8) is 0 Å². The zero-order chi connectivity index (χ0) is 24.5. The topological polar surface area (TPSA) is 91.6 Å². The summed E-state index contributed by atoms with van der Waals surface area (Å²) >= 11 is 0. The number of para-hydroxylation sites is 1. The molecule has 2 aromatic heterocycles. The number of ether oxygens (including phenoxy) is 2. The highest BCUT2D eigenvalue weighted by Crippen LogP contribution is 2.34. The van der Waals surface area contributed by atoms with Crippen molar-refractivity contribution < 1.29 is 19.1 Å². The van der Waals surface area contributed by atoms with Gasteiger partial charge in [-0.25, -0.2) is 0 Å². The monoisotopic (exact) mass is 473 g/mol. The lowest BCUT2D eigenvalue weighted by molar-refractivity contribution is 0.0691. The van der Waals surface area contributed by atoms with Gasteiger partial charge in [0.15, 0.2) is 17.2 Å². The first kappa shape index (κ1) is 22.9. The standard InChI is InChI=1S/C27H27N3O5/c1-29-23-19-10-6-7-11-20(19)30(16-21(31)17-8-4-3-5-9-17)27(33)22(23)25(34-2)24(29)26(32)28-18-12-14-35-15-13-18/h3-11,18H,12-16H2,1-2H3,(H,28,32). The van der Waals surface area contributed by atoms with Gasteiger partial charge < -0.3 is 19.4 Å². The van der Waals surface area contributed by atoms with E-state index >= 15 is 0 Å². The van der Waals surface area contributed by atoms with Gasteiger partial charge in [-0.05, 0) is 18.9 Å². The second-order valence-corrected chi connectivity index (χ2v) is 8.72. The number of Topliss-reactive ketones (excluding diaryl/α,β-unsaturated/α-hetero) is 1. The molecule has 1 aliphatic heterocycles. The molecular formula is C27H27N3O5. The van der Waals surface area contributed by atoms with Crippen LogP contribution in [0.2, 0.25) is 0 Å². The maximum atomic E-state index is 13.8. The third-order valence-corrected chi connectivity index (χ3v) is 6.63. The van der Waals surface area contributed by atoms with Crippen LogP contribution in [0.25, 0.3) is 21.8 Å². The van der Waals surface area contributed by atoms with Gasteiger partial charge in [0.1, 0.15) is 5.39 Å². The second-order valence-electron chi connectivity index (χ2n) is 8.72. The number of pyridine rings is 1. The maximum Gasteiger partial charge on any atom is 0.272 e. The molecule has 8 heteroatoms. The molecule has 1 aliphatic rings. The number of fused-ring (bicyclic) bond motifs is 3. The zero-order valence-corrected chi connectivity index (χ0v) is 19.7. The minimum absolute atomic E-state index is 0.00383. The molecule has 3 heterocycles. The maximum absolute atomic E-state index is 13.8. The van der Waals surface area contributed by atoms with Gasteiger partial charge in [0.25, 0.3) is 11.5 Å². The number of aromatic nitrogens is 2. The fourth-order valence-electron chi connectivity index (χ4n) is 4.89. The van der Waals surface area contributed by atoms with Crippen molar-refractivity contribution in [1.29, 1.82) is 0 Å². The summed E-state index contributed by atoms with van der Waals surface area (Å²) in [6.45, 7) is 1.07. The van der Waals surface area contributed by atoms with Gasteiger partial charge in [0, 0.05) is 37.3 Å². The normalized spacial score (nSPS) is 14.3. The van der Waals surface area contributed by atoms with Crippen LogP contribution in [0.5, 0.6) is 5.75 Å². The highest BCUT2D eigenvalue weighted by atomic mass is 16.5. The summed E-state index contributed by atoms with van der Waals surface area (Å²) in [5.41, 5.74) is 1.65. The Balaban J connectivity index is 1.69. The first-order valence-corrected chi connectivity index (χ1v) is 11.7. The largest absolute Gasteiger partial charge is 0.493 e. The van der Waals surface area contributed by atoms with Gasteiger partial charge in [0.2, 0.25) is 0 Å². The number of amides is 1. The van der Waals surface area contributed by atoms with Gasteiger partial charge in [0.05, 0.1) is 24.7 Å². The average molecular weight is 474 g/mol. The molecule has 1 amide bonds. The van der Waals surface area contributed by atoms with Crippen LogP contribution in [0, 0.1) is 0 Å². The van der Waals surface area contributed by atoms with E-state index in [-0.39, 0.29) is 46.7 Å². The van der Waals surface area contributed by atoms with Crippen molar-refractivity contribution in [1.82, 2.24) is 14.5 Å². The smallest absolute Gasteiger partial charge is 0.272 e. The van der Waals surface area contributed by atoms with Crippen molar-refractivity contribution in [2.75, 3.05) is 20.3 Å². The molecule has 1 fully saturated rings. The molecule has 0 unspecified atom stereocenters. The third kappa shape index (κ3) is 4.00. The number of rotatable bonds is 6. The number of nitrogens with one attached hydrogen (secondary N) is 1. The van der Waals surface area contributed by atoms with E-state index in [0.29, 0.717) is 29.8 Å². The Morgan fingerprint density at radius 3 is 2.46 bits per heavy atom. The Labute approximate surface area is 202 Å². The van der Waals surface area contributed by atoms with Crippen LogP contribution in [0.15, 0.2) is 59.4 Å². The number of hydrogen-bond acceptors (Lipinski definition) is 5. The van der Waals surface area contributed by atoms with Crippen LogP contribution in [0.4, 0.5) is 0 Å². The molecule has 180 valence electrons. The fourth-order valence-corrected chi connectivity index (χ4v) is 4.89. The van der Waals surface area contributed by atoms with Gasteiger partial charge in [-0.1, -0.05) is 48.5 Å². The van der Waals surface area contributed by atoms with E-state index in [4.69, 9.17) is 9.47 Å². The number of carbonyl (C=O) groups is 2. The number of methoxy groups -OCH3 is 1. The number of ketones is 1. The lowest BCUT2D eigenvalue weighted by Crippen LogP contribution is -2.39. The summed E-state index contributed by atoms with van der Waals surface area (Å²) in [4.78, 5) is 40.2. The van der Waals surface area contributed by atoms with Gasteiger partial charge >= 0.3 is 0 Å². The summed E-state index contributed by atoms with van der Waals surface area (Å²) in [5, 5.41) is 4.11. The van der Waals surface area contributed by atoms with Crippen molar-refractivity contribution in [2.45, 2.75) is 25.4 Å². The van der Waals surface area contributed by atoms with Crippen molar-refractivity contribution in [3.05, 3.63) is 76.2 Å². The number of nitrogens with zero attached hydrogens (tertiary/aromatic N) is 2. The van der Waals surface area contributed by atoms with Crippen molar-refractivity contribution in [3.8, 4) is 5.75 Å². The van der Waals surface area contributed by atoms with Crippen LogP contribution in [-0.2, 0) is 18.3 Å². The molecule has 0 bridgehead atoms. The first-order chi connectivity index (χ1) is 17.0. The van der Waals surface area contributed by atoms with E-state index < -0.39 is 0 Å². The van der Waals surface area contributed by atoms with Gasteiger partial charge in [-0.15, -0.1) is 0 Å². The number of benzene rings is 2. The Morgan fingerprint density at radius 2 is 1.74 bits per heavy atom. The molecule has 8 nitrogen and oxygen atoms in total. The molecule has 0 atom stereocenters. The molecular weight excluding hydrogens is 446 g/mol. The fraction of sp³-hybridized carbons (Fsp3) is 0.296. The lowest BCUT2D eigenvalue weighted by atomic mass is 10.1. The summed E-state index contributed by atoms with van der Waals surface area (Å²) in [7, 11) is 3.21. The number of hydrogen-bond donors (Lipinski definition) is 1. The molecule has 0 aliphatic carbocycles. The third-order valence-electron chi connectivity index (χ3n) is 6.63. The Kier molecular flexibility index (Phi) is 6.13. The summed E-state index contributed by atoms with van der Waals surface area (Å²) in [5.74, 6) is -0.267. The molecule has 2 aromatic carbocycles. The predicted molar refractivity (Wildman–Crippen MR) is 133 cm³/mol. The van der Waals surface area contributed by atoms with Gasteiger partial charge in [-0.3, -0.25) is 19.0 Å². The summed E-state index contributed by atoms with van der Waals surface area (Å²) < 4.78 is 14.2. The molecule has 0 radical (unpaired) electrons. The van der Waals surface area contributed by atoms with Gasteiger partial charge in [-0.2, -0.15) is 0 Å². The lowest BCUT2D eigenvalue weighted by Gasteiger charge is -2.23. The Morgan fingerprint density at radius 1 is 1.06 bits per heavy atom. The Hall–Kier alpha value is -3.91. The number of aryl methyl sites for hydroxylation is 1. The van der Waals surface area contributed by atoms with E-state index in [9.17, 15) is 14.4 Å². The summed E-state index contributed by atoms with van der Waals surface area (Å²) in [6.07, 6.45) is 1.46. The molecule has 35 heavy (non-hydrogen) atoms. The van der Waals surface area contributed by atoms with E-state index in [1.807, 2.05) is 30.3 Å².